The van der Waals surface area contributed by atoms with Gasteiger partial charge in [-0.25, -0.2) is 9.59 Å². The molecule has 3 N–H and O–H groups in total. The van der Waals surface area contributed by atoms with Crippen LogP contribution in [-0.2, 0) is 10.1 Å². The molecule has 0 bridgehead atoms. The van der Waals surface area contributed by atoms with Crippen LogP contribution in [-0.4, -0.2) is 86.5 Å². The fourth-order valence-electron chi connectivity index (χ4n) is 1.72. The van der Waals surface area contributed by atoms with Gasteiger partial charge in [-0.2, -0.15) is 8.42 Å². The van der Waals surface area contributed by atoms with Crippen molar-refractivity contribution in [2.75, 3.05) is 0 Å². The van der Waals surface area contributed by atoms with Gasteiger partial charge >= 0.3 is 11.9 Å². The van der Waals surface area contributed by atoms with Crippen LogP contribution in [0.4, 0.5) is 0 Å². The molecule has 0 atom stereocenters. The molecule has 0 amide bonds. The molecule has 10 heteroatoms. The smallest absolute Gasteiger partial charge is 0.335 e. The van der Waals surface area contributed by atoms with Crippen molar-refractivity contribution in [3.8, 4) is 11.5 Å². The summed E-state index contributed by atoms with van der Waals surface area (Å²) in [6.07, 6.45) is 0. The van der Waals surface area contributed by atoms with E-state index in [0.717, 1.165) is 30.3 Å². The number of benzene rings is 2. The second-order valence-electron chi connectivity index (χ2n) is 4.40. The van der Waals surface area contributed by atoms with Crippen LogP contribution in [0.15, 0.2) is 47.4 Å². The number of aromatic carboxylic acids is 2. The molecule has 24 heavy (non-hydrogen) atoms. The van der Waals surface area contributed by atoms with Gasteiger partial charge in [-0.15, -0.1) is 0 Å². The summed E-state index contributed by atoms with van der Waals surface area (Å²) >= 11 is 0. The third-order valence-corrected chi connectivity index (χ3v) is 3.63. The van der Waals surface area contributed by atoms with E-state index in [9.17, 15) is 18.0 Å². The first-order chi connectivity index (χ1) is 10.7. The predicted octanol–water partition coefficient (Wildman–Crippen LogP) is 1.74. The number of ether oxygens (including phenoxy) is 1. The van der Waals surface area contributed by atoms with Crippen LogP contribution in [0.25, 0.3) is 0 Å². The molecular formula is C14H10KO8S. The molecule has 1 radical (unpaired) electrons. The Hall–Kier alpha value is -1.27. The molecule has 0 saturated heterocycles. The van der Waals surface area contributed by atoms with Crippen LogP contribution in [0, 0.1) is 0 Å². The van der Waals surface area contributed by atoms with Gasteiger partial charge in [0.2, 0.25) is 0 Å². The van der Waals surface area contributed by atoms with Gasteiger partial charge in [0.1, 0.15) is 11.5 Å². The Balaban J connectivity index is 0.00000288. The predicted molar refractivity (Wildman–Crippen MR) is 82.4 cm³/mol. The summed E-state index contributed by atoms with van der Waals surface area (Å²) in [5, 5.41) is 17.9. The molecule has 0 heterocycles. The van der Waals surface area contributed by atoms with E-state index < -0.39 is 22.1 Å². The zero-order valence-electron chi connectivity index (χ0n) is 12.3. The monoisotopic (exact) mass is 377 g/mol. The minimum atomic E-state index is -4.34. The number of carbonyl (C=O) groups is 2. The zero-order chi connectivity index (χ0) is 17.2. The topological polar surface area (TPSA) is 138 Å². The van der Waals surface area contributed by atoms with Crippen molar-refractivity contribution < 1.29 is 37.5 Å². The van der Waals surface area contributed by atoms with Gasteiger partial charge in [0.05, 0.1) is 16.0 Å². The first kappa shape index (κ1) is 20.8. The second kappa shape index (κ2) is 8.21. The van der Waals surface area contributed by atoms with E-state index in [1.807, 2.05) is 0 Å². The van der Waals surface area contributed by atoms with Gasteiger partial charge in [-0.05, 0) is 42.5 Å². The Labute approximate surface area is 179 Å². The number of rotatable bonds is 5. The molecule has 2 rings (SSSR count). The largest absolute Gasteiger partial charge is 0.478 e. The van der Waals surface area contributed by atoms with Crippen LogP contribution in [0.2, 0.25) is 0 Å². The Morgan fingerprint density at radius 1 is 0.833 bits per heavy atom. The van der Waals surface area contributed by atoms with Gasteiger partial charge < -0.3 is 14.9 Å². The van der Waals surface area contributed by atoms with Crippen molar-refractivity contribution in [3.05, 3.63) is 53.6 Å². The third kappa shape index (κ3) is 5.38. The van der Waals surface area contributed by atoms with Crippen molar-refractivity contribution in [3.63, 3.8) is 0 Å². The number of carboxylic acids is 2. The second-order valence-corrected chi connectivity index (χ2v) is 5.83. The maximum absolute atomic E-state index is 11.0. The van der Waals surface area contributed by atoms with Crippen LogP contribution in [0.5, 0.6) is 11.5 Å². The Morgan fingerprint density at radius 3 is 1.67 bits per heavy atom. The fourth-order valence-corrected chi connectivity index (χ4v) is 2.20. The van der Waals surface area contributed by atoms with Crippen molar-refractivity contribution in [2.24, 2.45) is 0 Å². The standard InChI is InChI=1S/C14H10O8S.K/c15-13(16)8-5-9(14(17)18)7-11(6-8)22-10-1-3-12(4-2-10)23(19,20)21;/h1-7H,(H,15,16)(H,17,18)(H,19,20,21);. The quantitative estimate of drug-likeness (QED) is 0.529. The average Bonchev–Trinajstić information content (AvgIpc) is 2.46. The Kier molecular flexibility index (Phi) is 7.10. The van der Waals surface area contributed by atoms with E-state index in [2.05, 4.69) is 0 Å². The number of hydrogen-bond acceptors (Lipinski definition) is 5. The van der Waals surface area contributed by atoms with Crippen molar-refractivity contribution in [1.29, 1.82) is 0 Å². The fraction of sp³-hybridized carbons (Fsp3) is 0. The molecule has 0 fully saturated rings. The molecule has 0 aromatic heterocycles. The van der Waals surface area contributed by atoms with Crippen molar-refractivity contribution in [2.45, 2.75) is 4.90 Å². The molecular weight excluding hydrogens is 367 g/mol. The molecule has 121 valence electrons. The summed E-state index contributed by atoms with van der Waals surface area (Å²) in [4.78, 5) is 21.6. The van der Waals surface area contributed by atoms with E-state index in [1.54, 1.807) is 0 Å². The molecule has 2 aromatic carbocycles. The van der Waals surface area contributed by atoms with Crippen LogP contribution < -0.4 is 4.74 Å². The summed E-state index contributed by atoms with van der Waals surface area (Å²) < 4.78 is 36.0. The van der Waals surface area contributed by atoms with Crippen LogP contribution in [0.1, 0.15) is 20.7 Å². The Bertz CT molecular complexity index is 842. The molecule has 0 aliphatic rings. The molecule has 0 saturated carbocycles. The van der Waals surface area contributed by atoms with E-state index in [4.69, 9.17) is 19.5 Å². The van der Waals surface area contributed by atoms with Crippen LogP contribution in [0.3, 0.4) is 0 Å². The first-order valence-electron chi connectivity index (χ1n) is 6.04. The minimum absolute atomic E-state index is 0. The van der Waals surface area contributed by atoms with E-state index in [1.165, 1.54) is 12.1 Å². The minimum Gasteiger partial charge on any atom is -0.478 e. The van der Waals surface area contributed by atoms with Gasteiger partial charge in [0.25, 0.3) is 10.1 Å². The number of hydrogen-bond donors (Lipinski definition) is 3. The van der Waals surface area contributed by atoms with E-state index in [-0.39, 0.29) is 78.9 Å². The SMILES string of the molecule is O=C(O)c1cc(Oc2ccc(S(=O)(=O)O)cc2)cc(C(=O)O)c1.[K]. The first-order valence-corrected chi connectivity index (χ1v) is 7.48. The summed E-state index contributed by atoms with van der Waals surface area (Å²) in [6, 6.07) is 7.89. The van der Waals surface area contributed by atoms with Gasteiger partial charge in [-0.3, -0.25) is 4.55 Å². The molecule has 8 nitrogen and oxygen atoms in total. The van der Waals surface area contributed by atoms with Gasteiger partial charge in [0, 0.05) is 51.4 Å². The number of carboxylic acid groups (broad SMARTS) is 2. The van der Waals surface area contributed by atoms with E-state index >= 15 is 0 Å². The zero-order valence-corrected chi connectivity index (χ0v) is 16.3. The van der Waals surface area contributed by atoms with E-state index in [0.29, 0.717) is 0 Å². The van der Waals surface area contributed by atoms with Crippen molar-refractivity contribution >= 4 is 73.4 Å². The maximum atomic E-state index is 11.0. The Morgan fingerprint density at radius 2 is 1.29 bits per heavy atom. The molecule has 0 unspecified atom stereocenters. The molecule has 0 aliphatic heterocycles. The van der Waals surface area contributed by atoms with Crippen LogP contribution >= 0.6 is 0 Å². The molecule has 0 spiro atoms. The normalized spacial score (nSPS) is 10.5. The molecule has 2 aromatic rings. The molecule has 0 aliphatic carbocycles. The summed E-state index contributed by atoms with van der Waals surface area (Å²) in [5.41, 5.74) is -0.538. The maximum Gasteiger partial charge on any atom is 0.335 e. The average molecular weight is 377 g/mol. The summed E-state index contributed by atoms with van der Waals surface area (Å²) in [5.74, 6) is -2.54. The summed E-state index contributed by atoms with van der Waals surface area (Å²) in [7, 11) is -4.34. The van der Waals surface area contributed by atoms with Crippen molar-refractivity contribution in [1.82, 2.24) is 0 Å². The van der Waals surface area contributed by atoms with Gasteiger partial charge in [-0.1, -0.05) is 0 Å². The summed E-state index contributed by atoms with van der Waals surface area (Å²) in [6.45, 7) is 0. The third-order valence-electron chi connectivity index (χ3n) is 2.76. The van der Waals surface area contributed by atoms with Gasteiger partial charge in [0.15, 0.2) is 0 Å².